The van der Waals surface area contributed by atoms with E-state index in [4.69, 9.17) is 4.98 Å². The Bertz CT molecular complexity index is 2990. The van der Waals surface area contributed by atoms with Crippen molar-refractivity contribution < 1.29 is 27.1 Å². The molecule has 2 aliphatic heterocycles. The maximum atomic E-state index is 15.1. The van der Waals surface area contributed by atoms with E-state index in [1.807, 2.05) is 22.8 Å². The van der Waals surface area contributed by atoms with Crippen LogP contribution in [0, 0.1) is 29.5 Å². The highest BCUT2D eigenvalue weighted by molar-refractivity contribution is 5.93. The van der Waals surface area contributed by atoms with Crippen LogP contribution in [-0.4, -0.2) is 70.4 Å². The SMILES string of the molecule is Cc1nc(Nc2ccc(OC(F)(F)F)cc2)nc2c1n(-c1ccc(C(=O)N3CCc4c(n(Cc5ccc(C#N)cc5F)c5ncccc45)C3)nc1)c(=O)n2C1CC2(CNC2)C1. The number of rotatable bonds is 8. The second kappa shape index (κ2) is 14.3. The van der Waals surface area contributed by atoms with Crippen molar-refractivity contribution in [1.82, 2.24) is 43.9 Å². The smallest absolute Gasteiger partial charge is 0.406 e. The highest BCUT2D eigenvalue weighted by Gasteiger charge is 2.50. The first-order valence-corrected chi connectivity index (χ1v) is 19.6. The second-order valence-corrected chi connectivity index (χ2v) is 15.8. The molecule has 1 saturated heterocycles. The van der Waals surface area contributed by atoms with Crippen molar-refractivity contribution in [2.24, 2.45) is 5.41 Å². The van der Waals surface area contributed by atoms with Gasteiger partial charge >= 0.3 is 12.1 Å². The minimum absolute atomic E-state index is 0.128. The number of fused-ring (bicyclic) bond motifs is 4. The molecule has 0 bridgehead atoms. The fourth-order valence-electron chi connectivity index (χ4n) is 8.98. The Kier molecular flexibility index (Phi) is 8.91. The third-order valence-corrected chi connectivity index (χ3v) is 12.0. The molecule has 2 fully saturated rings. The van der Waals surface area contributed by atoms with Gasteiger partial charge in [0.2, 0.25) is 5.95 Å². The van der Waals surface area contributed by atoms with Crippen LogP contribution in [0.2, 0.25) is 0 Å². The highest BCUT2D eigenvalue weighted by Crippen LogP contribution is 2.51. The number of amides is 1. The number of nitrogens with zero attached hydrogens (tertiary/aromatic N) is 9. The van der Waals surface area contributed by atoms with Gasteiger partial charge in [0.25, 0.3) is 5.91 Å². The molecule has 7 aromatic rings. The lowest BCUT2D eigenvalue weighted by Crippen LogP contribution is -2.61. The van der Waals surface area contributed by atoms with Gasteiger partial charge in [-0.2, -0.15) is 10.2 Å². The van der Waals surface area contributed by atoms with Crippen LogP contribution >= 0.6 is 0 Å². The number of aryl methyl sites for hydroxylation is 1. The Morgan fingerprint density at radius 2 is 1.85 bits per heavy atom. The van der Waals surface area contributed by atoms with Crippen LogP contribution in [0.15, 0.2) is 83.9 Å². The van der Waals surface area contributed by atoms with Crippen LogP contribution < -0.4 is 21.1 Å². The van der Waals surface area contributed by atoms with Crippen molar-refractivity contribution in [2.45, 2.75) is 51.7 Å². The van der Waals surface area contributed by atoms with E-state index < -0.39 is 12.2 Å². The number of anilines is 2. The molecule has 308 valence electrons. The minimum atomic E-state index is -4.82. The average molecular weight is 830 g/mol. The van der Waals surface area contributed by atoms with Crippen molar-refractivity contribution in [3.63, 3.8) is 0 Å². The Morgan fingerprint density at radius 1 is 1.05 bits per heavy atom. The van der Waals surface area contributed by atoms with E-state index in [0.29, 0.717) is 52.4 Å². The summed E-state index contributed by atoms with van der Waals surface area (Å²) in [5.74, 6) is -1.04. The summed E-state index contributed by atoms with van der Waals surface area (Å²) in [5.41, 5.74) is 5.27. The van der Waals surface area contributed by atoms with E-state index in [9.17, 15) is 28.0 Å². The predicted octanol–water partition coefficient (Wildman–Crippen LogP) is 6.46. The van der Waals surface area contributed by atoms with Crippen molar-refractivity contribution >= 4 is 39.7 Å². The van der Waals surface area contributed by atoms with E-state index >= 15 is 4.39 Å². The molecule has 10 rings (SSSR count). The molecule has 61 heavy (non-hydrogen) atoms. The standard InChI is InChI=1S/C43H35F4N11O3/c1-24-36-38(54-40(52-24)53-27-6-9-30(10-7-27)61-43(45,46)47)58(29-16-42(17-29)22-49-23-42)41(60)57(36)28-8-11-34(51-19-28)39(59)55-14-12-31-32-3-2-13-50-37(32)56(35(31)21-55)20-26-5-4-25(18-48)15-33(26)44/h2-11,13,15,19,29,49H,12,14,16-17,20-23H2,1H3,(H,52,53,54). The lowest BCUT2D eigenvalue weighted by Gasteiger charge is -2.54. The first kappa shape index (κ1) is 38.1. The summed E-state index contributed by atoms with van der Waals surface area (Å²) in [6, 6.07) is 18.5. The molecule has 2 N–H and O–H groups in total. The number of hydrogen-bond donors (Lipinski definition) is 2. The van der Waals surface area contributed by atoms with Gasteiger partial charge in [-0.15, -0.1) is 13.2 Å². The van der Waals surface area contributed by atoms with E-state index in [-0.39, 0.29) is 59.1 Å². The van der Waals surface area contributed by atoms with Crippen LogP contribution in [0.1, 0.15) is 57.5 Å². The van der Waals surface area contributed by atoms with Crippen LogP contribution in [0.4, 0.5) is 29.2 Å². The first-order valence-electron chi connectivity index (χ1n) is 19.6. The van der Waals surface area contributed by atoms with Crippen molar-refractivity contribution in [3.8, 4) is 17.5 Å². The summed E-state index contributed by atoms with van der Waals surface area (Å²) in [6.45, 7) is 4.30. The molecule has 5 aromatic heterocycles. The Hall–Kier alpha value is -7.13. The number of carbonyl (C=O) groups is 1. The number of nitriles is 1. The fraction of sp³-hybridized carbons (Fsp3) is 0.279. The van der Waals surface area contributed by atoms with Crippen molar-refractivity contribution in [3.05, 3.63) is 129 Å². The summed E-state index contributed by atoms with van der Waals surface area (Å²) < 4.78 is 62.4. The molecular weight excluding hydrogens is 795 g/mol. The molecule has 14 nitrogen and oxygen atoms in total. The summed E-state index contributed by atoms with van der Waals surface area (Å²) in [6.07, 6.45) is 0.453. The summed E-state index contributed by atoms with van der Waals surface area (Å²) in [4.78, 5) is 48.8. The number of ether oxygens (including phenoxy) is 1. The van der Waals surface area contributed by atoms with Gasteiger partial charge in [-0.1, -0.05) is 6.07 Å². The Balaban J connectivity index is 0.949. The van der Waals surface area contributed by atoms with E-state index in [1.165, 1.54) is 41.1 Å². The molecule has 0 radical (unpaired) electrons. The number of hydrogen-bond acceptors (Lipinski definition) is 10. The quantitative estimate of drug-likeness (QED) is 0.163. The highest BCUT2D eigenvalue weighted by atomic mass is 19.4. The lowest BCUT2D eigenvalue weighted by atomic mass is 9.61. The molecule has 3 aliphatic rings. The number of benzene rings is 2. The number of carbonyl (C=O) groups excluding carboxylic acids is 1. The Morgan fingerprint density at radius 3 is 2.54 bits per heavy atom. The van der Waals surface area contributed by atoms with E-state index in [1.54, 1.807) is 46.9 Å². The van der Waals surface area contributed by atoms with Gasteiger partial charge in [0.05, 0.1) is 42.3 Å². The molecule has 7 heterocycles. The largest absolute Gasteiger partial charge is 0.573 e. The third-order valence-electron chi connectivity index (χ3n) is 12.0. The van der Waals surface area contributed by atoms with Crippen LogP contribution in [0.25, 0.3) is 27.9 Å². The summed E-state index contributed by atoms with van der Waals surface area (Å²) in [5, 5.41) is 16.5. The van der Waals surface area contributed by atoms with E-state index in [2.05, 4.69) is 30.3 Å². The zero-order valence-corrected chi connectivity index (χ0v) is 32.5. The van der Waals surface area contributed by atoms with Gasteiger partial charge in [0.15, 0.2) is 5.65 Å². The third kappa shape index (κ3) is 6.70. The normalized spacial score (nSPS) is 16.0. The van der Waals surface area contributed by atoms with Gasteiger partial charge in [-0.3, -0.25) is 13.9 Å². The number of halogens is 4. The number of imidazole rings is 1. The number of alkyl halides is 3. The molecule has 0 atom stereocenters. The molecule has 18 heteroatoms. The lowest BCUT2D eigenvalue weighted by molar-refractivity contribution is -0.274. The Labute approximate surface area is 344 Å². The molecule has 1 amide bonds. The number of aromatic nitrogens is 7. The van der Waals surface area contributed by atoms with Crippen molar-refractivity contribution in [2.75, 3.05) is 25.0 Å². The maximum Gasteiger partial charge on any atom is 0.573 e. The molecule has 1 aliphatic carbocycles. The molecule has 2 aromatic carbocycles. The number of pyridine rings is 2. The zero-order valence-electron chi connectivity index (χ0n) is 32.5. The molecular formula is C43H35F4N11O3. The summed E-state index contributed by atoms with van der Waals surface area (Å²) >= 11 is 0. The minimum Gasteiger partial charge on any atom is -0.406 e. The second-order valence-electron chi connectivity index (χ2n) is 15.8. The van der Waals surface area contributed by atoms with E-state index in [0.717, 1.165) is 42.6 Å². The molecule has 1 spiro atoms. The van der Waals surface area contributed by atoms with Crippen molar-refractivity contribution in [1.29, 1.82) is 5.26 Å². The average Bonchev–Trinajstić information content (AvgIpc) is 3.68. The molecule has 1 saturated carbocycles. The first-order chi connectivity index (χ1) is 29.4. The zero-order chi connectivity index (χ0) is 42.2. The van der Waals surface area contributed by atoms with Crippen LogP contribution in [0.3, 0.4) is 0 Å². The molecule has 0 unspecified atom stereocenters. The van der Waals surface area contributed by atoms with Crippen LogP contribution in [0.5, 0.6) is 5.75 Å². The topological polar surface area (TPSA) is 161 Å². The van der Waals surface area contributed by atoms with Crippen LogP contribution in [-0.2, 0) is 19.5 Å². The fourth-order valence-corrected chi connectivity index (χ4v) is 8.98. The predicted molar refractivity (Wildman–Crippen MR) is 214 cm³/mol. The van der Waals surface area contributed by atoms with Gasteiger partial charge in [-0.05, 0) is 97.8 Å². The summed E-state index contributed by atoms with van der Waals surface area (Å²) in [7, 11) is 0. The van der Waals surface area contributed by atoms with Gasteiger partial charge in [0.1, 0.15) is 28.4 Å². The van der Waals surface area contributed by atoms with Gasteiger partial charge in [0, 0.05) is 54.2 Å². The van der Waals surface area contributed by atoms with Gasteiger partial charge < -0.3 is 24.8 Å². The maximum absolute atomic E-state index is 15.1. The van der Waals surface area contributed by atoms with Gasteiger partial charge in [-0.25, -0.2) is 24.1 Å². The number of nitrogens with one attached hydrogen (secondary N) is 2. The monoisotopic (exact) mass is 829 g/mol.